The molecule has 3 rings (SSSR count). The molecular weight excluding hydrogens is 300 g/mol. The van der Waals surface area contributed by atoms with Crippen LogP contribution in [0, 0.1) is 0 Å². The Morgan fingerprint density at radius 3 is 2.08 bits per heavy atom. The number of hydrogen-bond donors (Lipinski definition) is 2. The van der Waals surface area contributed by atoms with E-state index in [-0.39, 0.29) is 12.1 Å². The van der Waals surface area contributed by atoms with Crippen molar-refractivity contribution in [1.29, 1.82) is 0 Å². The first-order valence-corrected chi connectivity index (χ1v) is 7.98. The van der Waals surface area contributed by atoms with Crippen LogP contribution in [0.1, 0.15) is 22.7 Å². The highest BCUT2D eigenvalue weighted by atomic mass is 16.3. The van der Waals surface area contributed by atoms with Gasteiger partial charge in [0.2, 0.25) is 0 Å². The predicted octanol–water partition coefficient (Wildman–Crippen LogP) is 3.91. The summed E-state index contributed by atoms with van der Waals surface area (Å²) in [4.78, 5) is 12.3. The van der Waals surface area contributed by atoms with Gasteiger partial charge in [0.15, 0.2) is 0 Å². The Balaban J connectivity index is 1.64. The predicted molar refractivity (Wildman–Crippen MR) is 93.7 cm³/mol. The van der Waals surface area contributed by atoms with E-state index in [0.29, 0.717) is 6.54 Å². The molecule has 122 valence electrons. The number of furan rings is 1. The maximum atomic E-state index is 12.3. The fourth-order valence-corrected chi connectivity index (χ4v) is 2.59. The fraction of sp³-hybridized carbons (Fsp3) is 0.150. The minimum Gasteiger partial charge on any atom is -0.472 e. The normalized spacial score (nSPS) is 10.5. The lowest BCUT2D eigenvalue weighted by Gasteiger charge is -2.20. The summed E-state index contributed by atoms with van der Waals surface area (Å²) in [6.45, 7) is 0.557. The van der Waals surface area contributed by atoms with Crippen LogP contribution in [0.2, 0.25) is 0 Å². The minimum absolute atomic E-state index is 0.179. The quantitative estimate of drug-likeness (QED) is 0.723. The summed E-state index contributed by atoms with van der Waals surface area (Å²) in [7, 11) is 0. The Bertz CT molecular complexity index is 700. The molecule has 0 aliphatic rings. The van der Waals surface area contributed by atoms with Gasteiger partial charge in [-0.3, -0.25) is 0 Å². The summed E-state index contributed by atoms with van der Waals surface area (Å²) < 4.78 is 5.02. The first kappa shape index (κ1) is 15.9. The van der Waals surface area contributed by atoms with Crippen LogP contribution < -0.4 is 10.6 Å². The molecule has 0 spiro atoms. The standard InChI is InChI=1S/C20H20N2O2/c23-20(21-13-11-16-12-14-24-15-16)22-19(17-7-3-1-4-8-17)18-9-5-2-6-10-18/h1-10,12,14-15,19H,11,13H2,(H2,21,22,23). The maximum absolute atomic E-state index is 12.3. The van der Waals surface area contributed by atoms with Crippen molar-refractivity contribution in [3.05, 3.63) is 95.9 Å². The van der Waals surface area contributed by atoms with E-state index in [4.69, 9.17) is 4.42 Å². The van der Waals surface area contributed by atoms with E-state index in [1.54, 1.807) is 12.5 Å². The lowest BCUT2D eigenvalue weighted by atomic mass is 9.99. The smallest absolute Gasteiger partial charge is 0.315 e. The van der Waals surface area contributed by atoms with E-state index >= 15 is 0 Å². The van der Waals surface area contributed by atoms with Crippen molar-refractivity contribution < 1.29 is 9.21 Å². The van der Waals surface area contributed by atoms with Gasteiger partial charge < -0.3 is 15.1 Å². The highest BCUT2D eigenvalue weighted by Crippen LogP contribution is 2.21. The van der Waals surface area contributed by atoms with Gasteiger partial charge in [0.25, 0.3) is 0 Å². The first-order valence-electron chi connectivity index (χ1n) is 7.98. The van der Waals surface area contributed by atoms with Gasteiger partial charge in [-0.05, 0) is 29.2 Å². The molecule has 2 amide bonds. The van der Waals surface area contributed by atoms with E-state index < -0.39 is 0 Å². The lowest BCUT2D eigenvalue weighted by Crippen LogP contribution is -2.39. The molecule has 24 heavy (non-hydrogen) atoms. The van der Waals surface area contributed by atoms with Gasteiger partial charge in [0.05, 0.1) is 18.6 Å². The topological polar surface area (TPSA) is 54.3 Å². The zero-order valence-electron chi connectivity index (χ0n) is 13.3. The molecule has 0 bridgehead atoms. The molecule has 0 saturated carbocycles. The van der Waals surface area contributed by atoms with Gasteiger partial charge in [-0.25, -0.2) is 4.79 Å². The molecule has 0 atom stereocenters. The number of benzene rings is 2. The Morgan fingerprint density at radius 1 is 0.917 bits per heavy atom. The second-order valence-electron chi connectivity index (χ2n) is 5.54. The molecule has 3 aromatic rings. The minimum atomic E-state index is -0.184. The maximum Gasteiger partial charge on any atom is 0.315 e. The largest absolute Gasteiger partial charge is 0.472 e. The van der Waals surface area contributed by atoms with Crippen LogP contribution in [0.15, 0.2) is 83.7 Å². The van der Waals surface area contributed by atoms with Gasteiger partial charge >= 0.3 is 6.03 Å². The van der Waals surface area contributed by atoms with Gasteiger partial charge in [-0.1, -0.05) is 60.7 Å². The van der Waals surface area contributed by atoms with Crippen LogP contribution in [0.5, 0.6) is 0 Å². The van der Waals surface area contributed by atoms with E-state index in [1.165, 1.54) is 0 Å². The van der Waals surface area contributed by atoms with Gasteiger partial charge in [-0.15, -0.1) is 0 Å². The van der Waals surface area contributed by atoms with E-state index in [9.17, 15) is 4.79 Å². The summed E-state index contributed by atoms with van der Waals surface area (Å²) in [6.07, 6.45) is 4.07. The summed E-state index contributed by atoms with van der Waals surface area (Å²) in [6, 6.07) is 21.4. The number of hydrogen-bond acceptors (Lipinski definition) is 2. The Labute approximate surface area is 141 Å². The SMILES string of the molecule is O=C(NCCc1ccoc1)NC(c1ccccc1)c1ccccc1. The average Bonchev–Trinajstić information content (AvgIpc) is 3.15. The third-order valence-electron chi connectivity index (χ3n) is 3.82. The summed E-state index contributed by atoms with van der Waals surface area (Å²) in [5.41, 5.74) is 3.17. The molecule has 0 fully saturated rings. The lowest BCUT2D eigenvalue weighted by molar-refractivity contribution is 0.239. The molecule has 1 aromatic heterocycles. The van der Waals surface area contributed by atoms with E-state index in [1.807, 2.05) is 66.7 Å². The third kappa shape index (κ3) is 4.26. The second-order valence-corrected chi connectivity index (χ2v) is 5.54. The molecule has 0 aliphatic carbocycles. The fourth-order valence-electron chi connectivity index (χ4n) is 2.59. The van der Waals surface area contributed by atoms with Crippen LogP contribution in [-0.2, 0) is 6.42 Å². The first-order chi connectivity index (χ1) is 11.8. The number of rotatable bonds is 6. The van der Waals surface area contributed by atoms with Crippen molar-refractivity contribution in [1.82, 2.24) is 10.6 Å². The molecule has 0 unspecified atom stereocenters. The van der Waals surface area contributed by atoms with E-state index in [0.717, 1.165) is 23.1 Å². The highest BCUT2D eigenvalue weighted by Gasteiger charge is 2.16. The molecule has 0 aliphatic heterocycles. The van der Waals surface area contributed by atoms with Crippen LogP contribution in [0.25, 0.3) is 0 Å². The van der Waals surface area contributed by atoms with Crippen molar-refractivity contribution in [2.24, 2.45) is 0 Å². The molecule has 2 aromatic carbocycles. The summed E-state index contributed by atoms with van der Waals surface area (Å²) in [5, 5.41) is 5.96. The summed E-state index contributed by atoms with van der Waals surface area (Å²) >= 11 is 0. The average molecular weight is 320 g/mol. The number of amides is 2. The highest BCUT2D eigenvalue weighted by molar-refractivity contribution is 5.75. The van der Waals surface area contributed by atoms with Gasteiger partial charge in [0.1, 0.15) is 0 Å². The van der Waals surface area contributed by atoms with Gasteiger partial charge in [0, 0.05) is 6.54 Å². The molecule has 1 heterocycles. The molecular formula is C20H20N2O2. The zero-order valence-corrected chi connectivity index (χ0v) is 13.3. The van der Waals surface area contributed by atoms with Gasteiger partial charge in [-0.2, -0.15) is 0 Å². The van der Waals surface area contributed by atoms with Crippen LogP contribution in [-0.4, -0.2) is 12.6 Å². The second kappa shape index (κ2) is 8.02. The molecule has 4 heteroatoms. The summed E-state index contributed by atoms with van der Waals surface area (Å²) in [5.74, 6) is 0. The van der Waals surface area contributed by atoms with Crippen molar-refractivity contribution in [3.63, 3.8) is 0 Å². The Kier molecular flexibility index (Phi) is 5.30. The number of nitrogens with one attached hydrogen (secondary N) is 2. The van der Waals surface area contributed by atoms with E-state index in [2.05, 4.69) is 10.6 Å². The monoisotopic (exact) mass is 320 g/mol. The molecule has 2 N–H and O–H groups in total. The van der Waals surface area contributed by atoms with Crippen molar-refractivity contribution in [3.8, 4) is 0 Å². The molecule has 0 radical (unpaired) electrons. The van der Waals surface area contributed by atoms with Crippen molar-refractivity contribution in [2.75, 3.05) is 6.54 Å². The van der Waals surface area contributed by atoms with Crippen LogP contribution in [0.4, 0.5) is 4.79 Å². The molecule has 0 saturated heterocycles. The van der Waals surface area contributed by atoms with Crippen molar-refractivity contribution in [2.45, 2.75) is 12.5 Å². The zero-order chi connectivity index (χ0) is 16.6. The number of carbonyl (C=O) groups excluding carboxylic acids is 1. The van der Waals surface area contributed by atoms with Crippen molar-refractivity contribution >= 4 is 6.03 Å². The molecule has 4 nitrogen and oxygen atoms in total. The third-order valence-corrected chi connectivity index (χ3v) is 3.82. The van der Waals surface area contributed by atoms with Crippen LogP contribution >= 0.6 is 0 Å². The Morgan fingerprint density at radius 2 is 1.54 bits per heavy atom. The Hall–Kier alpha value is -3.01. The number of carbonyl (C=O) groups is 1. The number of urea groups is 1. The van der Waals surface area contributed by atoms with Crippen LogP contribution in [0.3, 0.4) is 0 Å².